The molecule has 0 bridgehead atoms. The molecule has 2 amide bonds. The number of methoxy groups -OCH3 is 1. The Morgan fingerprint density at radius 2 is 2.17 bits per heavy atom. The number of aromatic nitrogens is 5. The van der Waals surface area contributed by atoms with Crippen LogP contribution in [0, 0.1) is 0 Å². The van der Waals surface area contributed by atoms with Gasteiger partial charge in [0.15, 0.2) is 5.82 Å². The number of carbonyl (C=O) groups excluding carboxylic acids is 1. The van der Waals surface area contributed by atoms with Crippen molar-refractivity contribution in [2.45, 2.75) is 6.54 Å². The maximum atomic E-state index is 12.1. The Labute approximate surface area is 141 Å². The Morgan fingerprint density at radius 1 is 1.38 bits per heavy atom. The highest BCUT2D eigenvalue weighted by Gasteiger charge is 2.14. The highest BCUT2D eigenvalue weighted by molar-refractivity contribution is 7.10. The smallest absolute Gasteiger partial charge is 0.323 e. The van der Waals surface area contributed by atoms with Crippen LogP contribution in [0.15, 0.2) is 30.6 Å². The molecule has 0 saturated heterocycles. The molecule has 9 nitrogen and oxygen atoms in total. The van der Waals surface area contributed by atoms with Crippen molar-refractivity contribution in [3.05, 3.63) is 36.4 Å². The lowest BCUT2D eigenvalue weighted by Gasteiger charge is -2.14. The number of hydrogen-bond acceptors (Lipinski definition) is 7. The number of urea groups is 1. The van der Waals surface area contributed by atoms with Gasteiger partial charge in [0.1, 0.15) is 17.9 Å². The number of carbonyl (C=O) groups is 1. The molecular weight excluding hydrogens is 330 g/mol. The third-order valence-electron chi connectivity index (χ3n) is 3.19. The Bertz CT molecular complexity index is 801. The molecule has 0 unspecified atom stereocenters. The minimum atomic E-state index is -0.302. The van der Waals surface area contributed by atoms with Gasteiger partial charge in [-0.05, 0) is 24.3 Å². The number of anilines is 1. The Kier molecular flexibility index (Phi) is 4.66. The van der Waals surface area contributed by atoms with Gasteiger partial charge in [0.25, 0.3) is 0 Å². The summed E-state index contributed by atoms with van der Waals surface area (Å²) < 4.78 is 9.38. The van der Waals surface area contributed by atoms with Crippen LogP contribution in [-0.4, -0.2) is 49.6 Å². The van der Waals surface area contributed by atoms with Gasteiger partial charge in [-0.25, -0.2) is 9.78 Å². The predicted octanol–water partition coefficient (Wildman–Crippen LogP) is 2.00. The molecule has 3 aromatic rings. The van der Waals surface area contributed by atoms with Crippen LogP contribution in [0.1, 0.15) is 5.82 Å². The molecule has 0 atom stereocenters. The second-order valence-corrected chi connectivity index (χ2v) is 5.62. The molecule has 2 aromatic heterocycles. The molecule has 3 rings (SSSR count). The summed E-state index contributed by atoms with van der Waals surface area (Å²) in [5.74, 6) is 1.91. The lowest BCUT2D eigenvalue weighted by molar-refractivity contribution is 0.219. The normalized spacial score (nSPS) is 10.4. The third kappa shape index (κ3) is 3.66. The average Bonchev–Trinajstić information content (AvgIpc) is 3.27. The molecule has 0 fully saturated rings. The summed E-state index contributed by atoms with van der Waals surface area (Å²) in [4.78, 5) is 21.9. The maximum Gasteiger partial charge on any atom is 0.323 e. The van der Waals surface area contributed by atoms with Crippen LogP contribution in [0.5, 0.6) is 5.75 Å². The van der Waals surface area contributed by atoms with E-state index in [2.05, 4.69) is 29.9 Å². The first-order valence-electron chi connectivity index (χ1n) is 7.00. The number of ether oxygens (including phenoxy) is 1. The summed E-state index contributed by atoms with van der Waals surface area (Å²) in [5.41, 5.74) is 0.850. The first kappa shape index (κ1) is 15.9. The van der Waals surface area contributed by atoms with Gasteiger partial charge in [0, 0.05) is 24.1 Å². The summed E-state index contributed by atoms with van der Waals surface area (Å²) in [6.07, 6.45) is 1.40. The molecule has 2 N–H and O–H groups in total. The second-order valence-electron chi connectivity index (χ2n) is 4.87. The van der Waals surface area contributed by atoms with Crippen molar-refractivity contribution >= 4 is 22.7 Å². The summed E-state index contributed by atoms with van der Waals surface area (Å²) in [5, 5.41) is 9.59. The van der Waals surface area contributed by atoms with Gasteiger partial charge >= 0.3 is 6.03 Å². The van der Waals surface area contributed by atoms with E-state index in [1.807, 2.05) is 24.3 Å². The van der Waals surface area contributed by atoms with E-state index in [0.717, 1.165) is 22.8 Å². The van der Waals surface area contributed by atoms with Gasteiger partial charge in [0.2, 0.25) is 5.13 Å². The minimum Gasteiger partial charge on any atom is -0.497 e. The summed E-state index contributed by atoms with van der Waals surface area (Å²) in [7, 11) is 3.27. The fourth-order valence-electron chi connectivity index (χ4n) is 1.92. The zero-order chi connectivity index (χ0) is 16.9. The lowest BCUT2D eigenvalue weighted by atomic mass is 10.2. The monoisotopic (exact) mass is 345 g/mol. The van der Waals surface area contributed by atoms with Crippen LogP contribution in [0.4, 0.5) is 9.93 Å². The Balaban J connectivity index is 1.63. The molecule has 0 aliphatic carbocycles. The van der Waals surface area contributed by atoms with E-state index >= 15 is 0 Å². The largest absolute Gasteiger partial charge is 0.497 e. The number of rotatable bonds is 5. The SMILES string of the molecule is COc1ccc(-c2nsc(NC(=O)N(C)Cc3ncn[nH]3)n2)cc1. The zero-order valence-corrected chi connectivity index (χ0v) is 13.9. The number of nitrogens with zero attached hydrogens (tertiary/aromatic N) is 5. The topological polar surface area (TPSA) is 109 Å². The van der Waals surface area contributed by atoms with Crippen molar-refractivity contribution in [3.63, 3.8) is 0 Å². The van der Waals surface area contributed by atoms with Gasteiger partial charge in [-0.15, -0.1) is 0 Å². The maximum absolute atomic E-state index is 12.1. The summed E-state index contributed by atoms with van der Waals surface area (Å²) in [6.45, 7) is 0.315. The number of nitrogens with one attached hydrogen (secondary N) is 2. The van der Waals surface area contributed by atoms with Crippen LogP contribution in [0.3, 0.4) is 0 Å². The predicted molar refractivity (Wildman–Crippen MR) is 88.8 cm³/mol. The van der Waals surface area contributed by atoms with Crippen LogP contribution in [-0.2, 0) is 6.54 Å². The number of H-pyrrole nitrogens is 1. The van der Waals surface area contributed by atoms with Gasteiger partial charge in [-0.1, -0.05) is 0 Å². The molecule has 0 saturated carbocycles. The average molecular weight is 345 g/mol. The first-order valence-corrected chi connectivity index (χ1v) is 7.77. The number of amides is 2. The van der Waals surface area contributed by atoms with Crippen LogP contribution in [0.2, 0.25) is 0 Å². The molecule has 10 heteroatoms. The van der Waals surface area contributed by atoms with E-state index in [0.29, 0.717) is 23.3 Å². The molecule has 0 aliphatic heterocycles. The summed E-state index contributed by atoms with van der Waals surface area (Å²) in [6, 6.07) is 7.09. The van der Waals surface area contributed by atoms with Crippen LogP contribution < -0.4 is 10.1 Å². The summed E-state index contributed by atoms with van der Waals surface area (Å²) >= 11 is 1.12. The standard InChI is InChI=1S/C14H15N7O2S/c1-21(7-11-15-8-16-19-11)14(22)18-13-17-12(20-24-13)9-3-5-10(23-2)6-4-9/h3-6,8H,7H2,1-2H3,(H,15,16,19)(H,17,18,20,22). The van der Waals surface area contributed by atoms with Crippen molar-refractivity contribution in [1.82, 2.24) is 29.4 Å². The van der Waals surface area contributed by atoms with Gasteiger partial charge in [0.05, 0.1) is 13.7 Å². The zero-order valence-electron chi connectivity index (χ0n) is 13.1. The quantitative estimate of drug-likeness (QED) is 0.732. The lowest BCUT2D eigenvalue weighted by Crippen LogP contribution is -2.31. The molecule has 124 valence electrons. The molecule has 24 heavy (non-hydrogen) atoms. The Hall–Kier alpha value is -3.01. The van der Waals surface area contributed by atoms with Gasteiger partial charge < -0.3 is 9.64 Å². The van der Waals surface area contributed by atoms with E-state index in [-0.39, 0.29) is 6.03 Å². The molecular formula is C14H15N7O2S. The number of hydrogen-bond donors (Lipinski definition) is 2. The third-order valence-corrected chi connectivity index (χ3v) is 3.82. The minimum absolute atomic E-state index is 0.302. The fraction of sp³-hybridized carbons (Fsp3) is 0.214. The second kappa shape index (κ2) is 7.04. The molecule has 0 radical (unpaired) electrons. The van der Waals surface area contributed by atoms with Crippen molar-refractivity contribution in [3.8, 4) is 17.1 Å². The fourth-order valence-corrected chi connectivity index (χ4v) is 2.50. The molecule has 0 spiro atoms. The first-order chi connectivity index (χ1) is 11.7. The van der Waals surface area contributed by atoms with Crippen molar-refractivity contribution < 1.29 is 9.53 Å². The van der Waals surface area contributed by atoms with Gasteiger partial charge in [-0.3, -0.25) is 10.4 Å². The van der Waals surface area contributed by atoms with E-state index in [1.54, 1.807) is 14.2 Å². The van der Waals surface area contributed by atoms with Crippen molar-refractivity contribution in [2.75, 3.05) is 19.5 Å². The Morgan fingerprint density at radius 3 is 2.83 bits per heavy atom. The van der Waals surface area contributed by atoms with E-state index in [1.165, 1.54) is 11.2 Å². The highest BCUT2D eigenvalue weighted by atomic mass is 32.1. The molecule has 2 heterocycles. The van der Waals surface area contributed by atoms with Crippen molar-refractivity contribution in [2.24, 2.45) is 0 Å². The molecule has 0 aliphatic rings. The van der Waals surface area contributed by atoms with Crippen LogP contribution >= 0.6 is 11.5 Å². The number of benzene rings is 1. The van der Waals surface area contributed by atoms with Crippen LogP contribution in [0.25, 0.3) is 11.4 Å². The van der Waals surface area contributed by atoms with E-state index in [4.69, 9.17) is 4.74 Å². The van der Waals surface area contributed by atoms with E-state index < -0.39 is 0 Å². The molecule has 1 aromatic carbocycles. The van der Waals surface area contributed by atoms with Crippen molar-refractivity contribution in [1.29, 1.82) is 0 Å². The van der Waals surface area contributed by atoms with Gasteiger partial charge in [-0.2, -0.15) is 14.5 Å². The highest BCUT2D eigenvalue weighted by Crippen LogP contribution is 2.23. The number of aromatic amines is 1. The van der Waals surface area contributed by atoms with E-state index in [9.17, 15) is 4.79 Å².